The number of rotatable bonds is 7. The summed E-state index contributed by atoms with van der Waals surface area (Å²) in [7, 11) is 0. The van der Waals surface area contributed by atoms with Gasteiger partial charge in [-0.15, -0.1) is 11.8 Å². The number of carbonyl (C=O) groups is 1. The number of quaternary nitrogens is 1. The first kappa shape index (κ1) is 18.7. The Morgan fingerprint density at radius 3 is 2.58 bits per heavy atom. The van der Waals surface area contributed by atoms with E-state index in [0.29, 0.717) is 13.1 Å². The van der Waals surface area contributed by atoms with Crippen LogP contribution in [0.2, 0.25) is 0 Å². The van der Waals surface area contributed by atoms with Crippen LogP contribution in [-0.4, -0.2) is 60.9 Å². The maximum Gasteiger partial charge on any atom is 0.275 e. The number of nitrogens with zero attached hydrogens (tertiary/aromatic N) is 3. The molecule has 1 aromatic carbocycles. The van der Waals surface area contributed by atoms with Crippen molar-refractivity contribution in [3.63, 3.8) is 0 Å². The third-order valence-electron chi connectivity index (χ3n) is 4.43. The highest BCUT2D eigenvalue weighted by atomic mass is 32.2. The van der Waals surface area contributed by atoms with E-state index in [0.717, 1.165) is 37.9 Å². The molecule has 0 spiro atoms. The van der Waals surface area contributed by atoms with Gasteiger partial charge in [-0.2, -0.15) is 0 Å². The summed E-state index contributed by atoms with van der Waals surface area (Å²) < 4.78 is 0. The van der Waals surface area contributed by atoms with Crippen molar-refractivity contribution in [1.82, 2.24) is 15.3 Å². The van der Waals surface area contributed by atoms with Gasteiger partial charge < -0.3 is 15.1 Å². The van der Waals surface area contributed by atoms with Crippen molar-refractivity contribution < 1.29 is 9.69 Å². The molecule has 3 rings (SSSR count). The van der Waals surface area contributed by atoms with Crippen LogP contribution >= 0.6 is 11.8 Å². The number of hydrogen-bond donors (Lipinski definition) is 2. The van der Waals surface area contributed by atoms with Crippen molar-refractivity contribution in [1.29, 1.82) is 0 Å². The average molecular weight is 373 g/mol. The quantitative estimate of drug-likeness (QED) is 0.544. The van der Waals surface area contributed by atoms with Crippen molar-refractivity contribution in [2.45, 2.75) is 11.8 Å². The number of amides is 1. The Morgan fingerprint density at radius 2 is 1.88 bits per heavy atom. The van der Waals surface area contributed by atoms with Gasteiger partial charge in [-0.05, 0) is 25.1 Å². The molecule has 7 heteroatoms. The third-order valence-corrected chi connectivity index (χ3v) is 5.44. The Morgan fingerprint density at radius 1 is 1.19 bits per heavy atom. The largest absolute Gasteiger partial charge is 0.350 e. The van der Waals surface area contributed by atoms with E-state index in [1.807, 2.05) is 6.07 Å². The van der Waals surface area contributed by atoms with Crippen LogP contribution in [0.5, 0.6) is 0 Å². The average Bonchev–Trinajstić information content (AvgIpc) is 2.68. The number of thioether (sulfide) groups is 1. The fraction of sp³-hybridized carbons (Fsp3) is 0.421. The number of piperazine rings is 1. The minimum atomic E-state index is 0.133. The molecule has 0 atom stereocenters. The molecular formula is C19H26N5OS+. The summed E-state index contributed by atoms with van der Waals surface area (Å²) in [6, 6.07) is 10.3. The highest BCUT2D eigenvalue weighted by Gasteiger charge is 2.23. The van der Waals surface area contributed by atoms with Crippen molar-refractivity contribution in [2.75, 3.05) is 49.9 Å². The molecular weight excluding hydrogens is 346 g/mol. The number of aryl methyl sites for hydroxylation is 1. The number of nitrogens with one attached hydrogen (secondary N) is 2. The van der Waals surface area contributed by atoms with Gasteiger partial charge in [0, 0.05) is 29.6 Å². The van der Waals surface area contributed by atoms with Crippen LogP contribution in [0, 0.1) is 6.92 Å². The monoisotopic (exact) mass is 372 g/mol. The molecule has 0 unspecified atom stereocenters. The smallest absolute Gasteiger partial charge is 0.275 e. The van der Waals surface area contributed by atoms with Crippen LogP contribution in [0.1, 0.15) is 5.56 Å². The SMILES string of the molecule is Cc1ccc(SCCNC(=O)C[NH+]2CCN(c3ncccn3)CC2)cc1. The fourth-order valence-electron chi connectivity index (χ4n) is 2.94. The normalized spacial score (nSPS) is 15.0. The molecule has 1 fully saturated rings. The lowest BCUT2D eigenvalue weighted by atomic mass is 10.2. The molecule has 1 aromatic heterocycles. The number of benzene rings is 1. The predicted molar refractivity (Wildman–Crippen MR) is 105 cm³/mol. The molecule has 2 aromatic rings. The van der Waals surface area contributed by atoms with E-state index in [4.69, 9.17) is 0 Å². The van der Waals surface area contributed by atoms with Crippen LogP contribution < -0.4 is 15.1 Å². The first-order chi connectivity index (χ1) is 12.7. The molecule has 0 bridgehead atoms. The van der Waals surface area contributed by atoms with Crippen molar-refractivity contribution >= 4 is 23.6 Å². The first-order valence-corrected chi connectivity index (χ1v) is 10.0. The van der Waals surface area contributed by atoms with Gasteiger partial charge in [0.1, 0.15) is 0 Å². The molecule has 1 amide bonds. The maximum absolute atomic E-state index is 12.1. The van der Waals surface area contributed by atoms with Gasteiger partial charge in [0.25, 0.3) is 5.91 Å². The van der Waals surface area contributed by atoms with Crippen molar-refractivity contribution in [3.8, 4) is 0 Å². The van der Waals surface area contributed by atoms with Crippen LogP contribution in [0.25, 0.3) is 0 Å². The highest BCUT2D eigenvalue weighted by molar-refractivity contribution is 7.99. The van der Waals surface area contributed by atoms with Crippen LogP contribution in [0.3, 0.4) is 0 Å². The Labute approximate surface area is 159 Å². The zero-order chi connectivity index (χ0) is 18.2. The summed E-state index contributed by atoms with van der Waals surface area (Å²) in [6.45, 7) is 6.97. The van der Waals surface area contributed by atoms with Gasteiger partial charge in [0.15, 0.2) is 6.54 Å². The minimum Gasteiger partial charge on any atom is -0.350 e. The molecule has 0 aliphatic carbocycles. The van der Waals surface area contributed by atoms with Gasteiger partial charge in [-0.1, -0.05) is 17.7 Å². The number of carbonyl (C=O) groups excluding carboxylic acids is 1. The molecule has 2 heterocycles. The van der Waals surface area contributed by atoms with Gasteiger partial charge >= 0.3 is 0 Å². The lowest BCUT2D eigenvalue weighted by Gasteiger charge is -2.31. The predicted octanol–water partition coefficient (Wildman–Crippen LogP) is 0.398. The molecule has 26 heavy (non-hydrogen) atoms. The third kappa shape index (κ3) is 5.71. The van der Waals surface area contributed by atoms with Gasteiger partial charge in [-0.3, -0.25) is 4.79 Å². The zero-order valence-corrected chi connectivity index (χ0v) is 16.0. The first-order valence-electron chi connectivity index (χ1n) is 9.02. The van der Waals surface area contributed by atoms with Gasteiger partial charge in [-0.25, -0.2) is 9.97 Å². The second-order valence-electron chi connectivity index (χ2n) is 6.47. The topological polar surface area (TPSA) is 62.6 Å². The standard InChI is InChI=1S/C19H25N5OS/c1-16-3-5-17(6-4-16)26-14-9-20-18(25)15-23-10-12-24(13-11-23)19-21-7-2-8-22-19/h2-8H,9-15H2,1H3,(H,20,25)/p+1. The number of anilines is 1. The lowest BCUT2D eigenvalue weighted by molar-refractivity contribution is -0.892. The lowest BCUT2D eigenvalue weighted by Crippen LogP contribution is -3.16. The summed E-state index contributed by atoms with van der Waals surface area (Å²) in [5.41, 5.74) is 1.27. The van der Waals surface area contributed by atoms with E-state index >= 15 is 0 Å². The molecule has 0 radical (unpaired) electrons. The molecule has 1 aliphatic rings. The van der Waals surface area contributed by atoms with Crippen molar-refractivity contribution in [3.05, 3.63) is 48.3 Å². The highest BCUT2D eigenvalue weighted by Crippen LogP contribution is 2.17. The van der Waals surface area contributed by atoms with E-state index in [2.05, 4.69) is 51.4 Å². The summed E-state index contributed by atoms with van der Waals surface area (Å²) in [4.78, 5) is 25.5. The van der Waals surface area contributed by atoms with Gasteiger partial charge in [0.2, 0.25) is 5.95 Å². The van der Waals surface area contributed by atoms with Crippen LogP contribution in [-0.2, 0) is 4.79 Å². The Kier molecular flexibility index (Phi) is 6.85. The summed E-state index contributed by atoms with van der Waals surface area (Å²) >= 11 is 1.77. The fourth-order valence-corrected chi connectivity index (χ4v) is 3.71. The minimum absolute atomic E-state index is 0.133. The second kappa shape index (κ2) is 9.54. The molecule has 1 aliphatic heterocycles. The van der Waals surface area contributed by atoms with Crippen molar-refractivity contribution in [2.24, 2.45) is 0 Å². The molecule has 2 N–H and O–H groups in total. The molecule has 138 valence electrons. The number of hydrogen-bond acceptors (Lipinski definition) is 5. The Bertz CT molecular complexity index is 687. The summed E-state index contributed by atoms with van der Waals surface area (Å²) in [5.74, 6) is 1.81. The number of aromatic nitrogens is 2. The van der Waals surface area contributed by atoms with E-state index < -0.39 is 0 Å². The van der Waals surface area contributed by atoms with Crippen LogP contribution in [0.15, 0.2) is 47.6 Å². The second-order valence-corrected chi connectivity index (χ2v) is 7.64. The summed E-state index contributed by atoms with van der Waals surface area (Å²) in [6.07, 6.45) is 3.53. The summed E-state index contributed by atoms with van der Waals surface area (Å²) in [5, 5.41) is 3.04. The maximum atomic E-state index is 12.1. The Hall–Kier alpha value is -2.12. The van der Waals surface area contributed by atoms with Crippen LogP contribution in [0.4, 0.5) is 5.95 Å². The Balaban J connectivity index is 1.31. The molecule has 1 saturated heterocycles. The van der Waals surface area contributed by atoms with E-state index in [1.54, 1.807) is 24.2 Å². The zero-order valence-electron chi connectivity index (χ0n) is 15.1. The van der Waals surface area contributed by atoms with Gasteiger partial charge in [0.05, 0.1) is 26.2 Å². The van der Waals surface area contributed by atoms with E-state index in [1.165, 1.54) is 15.4 Å². The molecule has 6 nitrogen and oxygen atoms in total. The molecule has 0 saturated carbocycles. The van der Waals surface area contributed by atoms with E-state index in [9.17, 15) is 4.79 Å². The van der Waals surface area contributed by atoms with E-state index in [-0.39, 0.29) is 5.91 Å².